The van der Waals surface area contributed by atoms with E-state index in [0.717, 1.165) is 19.3 Å². The summed E-state index contributed by atoms with van der Waals surface area (Å²) in [7, 11) is 0. The molecule has 2 aliphatic rings. The first-order valence-electron chi connectivity index (χ1n) is 6.58. The Labute approximate surface area is 110 Å². The normalized spacial score (nSPS) is 20.2. The van der Waals surface area contributed by atoms with Gasteiger partial charge in [-0.3, -0.25) is 0 Å². The van der Waals surface area contributed by atoms with Gasteiger partial charge in [-0.1, -0.05) is 0 Å². The van der Waals surface area contributed by atoms with E-state index in [1.807, 2.05) is 0 Å². The Hall–Kier alpha value is -1.36. The minimum absolute atomic E-state index is 0.0344. The van der Waals surface area contributed by atoms with Crippen molar-refractivity contribution < 1.29 is 18.3 Å². The fraction of sp³-hybridized carbons (Fsp3) is 0.571. The third kappa shape index (κ3) is 2.16. The fourth-order valence-corrected chi connectivity index (χ4v) is 2.60. The molecule has 1 aromatic carbocycles. The SMILES string of the molecule is NCC1(c2cc3c(cc2C(F)F)OCCCO3)CC1. The van der Waals surface area contributed by atoms with Gasteiger partial charge >= 0.3 is 0 Å². The minimum Gasteiger partial charge on any atom is -0.490 e. The average Bonchev–Trinajstić information content (AvgIpc) is 3.21. The molecule has 3 rings (SSSR count). The van der Waals surface area contributed by atoms with Crippen LogP contribution in [0.15, 0.2) is 12.1 Å². The van der Waals surface area contributed by atoms with E-state index < -0.39 is 6.43 Å². The monoisotopic (exact) mass is 269 g/mol. The van der Waals surface area contributed by atoms with Crippen molar-refractivity contribution in [2.24, 2.45) is 5.73 Å². The van der Waals surface area contributed by atoms with Crippen molar-refractivity contribution in [2.45, 2.75) is 31.1 Å². The smallest absolute Gasteiger partial charge is 0.264 e. The summed E-state index contributed by atoms with van der Waals surface area (Å²) in [6.45, 7) is 1.44. The van der Waals surface area contributed by atoms with Gasteiger partial charge in [-0.15, -0.1) is 0 Å². The maximum atomic E-state index is 13.3. The summed E-state index contributed by atoms with van der Waals surface area (Å²) in [5, 5.41) is 0. The lowest BCUT2D eigenvalue weighted by molar-refractivity contribution is 0.149. The van der Waals surface area contributed by atoms with Crippen molar-refractivity contribution in [2.75, 3.05) is 19.8 Å². The summed E-state index contributed by atoms with van der Waals surface area (Å²) < 4.78 is 37.6. The highest BCUT2D eigenvalue weighted by atomic mass is 19.3. The molecule has 0 radical (unpaired) electrons. The Kier molecular flexibility index (Phi) is 3.09. The summed E-state index contributed by atoms with van der Waals surface area (Å²) in [5.41, 5.74) is 6.15. The highest BCUT2D eigenvalue weighted by Crippen LogP contribution is 2.52. The standard InChI is InChI=1S/C14H17F2NO2/c15-13(16)9-6-11-12(19-5-1-4-18-11)7-10(9)14(8-17)2-3-14/h6-7,13H,1-5,8,17H2. The van der Waals surface area contributed by atoms with Crippen molar-refractivity contribution in [3.8, 4) is 11.5 Å². The predicted molar refractivity (Wildman–Crippen MR) is 67.0 cm³/mol. The lowest BCUT2D eigenvalue weighted by Crippen LogP contribution is -2.21. The van der Waals surface area contributed by atoms with Crippen molar-refractivity contribution in [3.05, 3.63) is 23.3 Å². The van der Waals surface area contributed by atoms with Crippen LogP contribution in [0.2, 0.25) is 0 Å². The molecule has 0 saturated heterocycles. The second kappa shape index (κ2) is 4.63. The Morgan fingerprint density at radius 2 is 1.79 bits per heavy atom. The van der Waals surface area contributed by atoms with Crippen molar-refractivity contribution in [3.63, 3.8) is 0 Å². The molecule has 3 nitrogen and oxygen atoms in total. The molecule has 1 aliphatic carbocycles. The molecule has 0 unspecified atom stereocenters. The number of hydrogen-bond acceptors (Lipinski definition) is 3. The molecule has 0 bridgehead atoms. The van der Waals surface area contributed by atoms with E-state index in [1.54, 1.807) is 6.07 Å². The molecular weight excluding hydrogens is 252 g/mol. The van der Waals surface area contributed by atoms with Crippen LogP contribution in [0.4, 0.5) is 8.78 Å². The van der Waals surface area contributed by atoms with Gasteiger partial charge in [-0.2, -0.15) is 0 Å². The molecule has 1 aliphatic heterocycles. The van der Waals surface area contributed by atoms with Crippen molar-refractivity contribution in [1.82, 2.24) is 0 Å². The molecule has 2 N–H and O–H groups in total. The third-order valence-electron chi connectivity index (χ3n) is 3.97. The molecule has 1 fully saturated rings. The number of nitrogens with two attached hydrogens (primary N) is 1. The van der Waals surface area contributed by atoms with Gasteiger partial charge in [0.25, 0.3) is 6.43 Å². The molecule has 1 heterocycles. The van der Waals surface area contributed by atoms with E-state index in [0.29, 0.717) is 36.8 Å². The van der Waals surface area contributed by atoms with Gasteiger partial charge in [-0.25, -0.2) is 8.78 Å². The molecule has 0 spiro atoms. The van der Waals surface area contributed by atoms with Gasteiger partial charge in [0.05, 0.1) is 13.2 Å². The summed E-state index contributed by atoms with van der Waals surface area (Å²) in [6, 6.07) is 3.14. The van der Waals surface area contributed by atoms with Crippen LogP contribution in [0.3, 0.4) is 0 Å². The zero-order valence-corrected chi connectivity index (χ0v) is 10.6. The summed E-state index contributed by atoms with van der Waals surface area (Å²) in [5.74, 6) is 0.987. The van der Waals surface area contributed by atoms with Crippen LogP contribution in [-0.4, -0.2) is 19.8 Å². The lowest BCUT2D eigenvalue weighted by Gasteiger charge is -2.20. The maximum absolute atomic E-state index is 13.3. The zero-order chi connectivity index (χ0) is 13.5. The van der Waals surface area contributed by atoms with E-state index in [9.17, 15) is 8.78 Å². The molecule has 104 valence electrons. The molecular formula is C14H17F2NO2. The number of ether oxygens (including phenoxy) is 2. The number of alkyl halides is 2. The maximum Gasteiger partial charge on any atom is 0.264 e. The van der Waals surface area contributed by atoms with Crippen molar-refractivity contribution in [1.29, 1.82) is 0 Å². The summed E-state index contributed by atoms with van der Waals surface area (Å²) in [4.78, 5) is 0. The third-order valence-corrected chi connectivity index (χ3v) is 3.97. The predicted octanol–water partition coefficient (Wildman–Crippen LogP) is 2.78. The second-order valence-electron chi connectivity index (χ2n) is 5.22. The van der Waals surface area contributed by atoms with Crippen LogP contribution in [0, 0.1) is 0 Å². The van der Waals surface area contributed by atoms with E-state index >= 15 is 0 Å². The van der Waals surface area contributed by atoms with Crippen LogP contribution in [0.25, 0.3) is 0 Å². The molecule has 1 aromatic rings. The van der Waals surface area contributed by atoms with Gasteiger partial charge in [0.15, 0.2) is 11.5 Å². The Morgan fingerprint density at radius 1 is 1.16 bits per heavy atom. The van der Waals surface area contributed by atoms with Crippen LogP contribution < -0.4 is 15.2 Å². The van der Waals surface area contributed by atoms with Crippen molar-refractivity contribution >= 4 is 0 Å². The molecule has 0 amide bonds. The number of benzene rings is 1. The first-order chi connectivity index (χ1) is 9.16. The molecule has 5 heteroatoms. The van der Waals surface area contributed by atoms with E-state index in [-0.39, 0.29) is 11.0 Å². The molecule has 19 heavy (non-hydrogen) atoms. The van der Waals surface area contributed by atoms with E-state index in [4.69, 9.17) is 15.2 Å². The molecule has 0 aromatic heterocycles. The van der Waals surface area contributed by atoms with Gasteiger partial charge in [-0.05, 0) is 30.5 Å². The average molecular weight is 269 g/mol. The first kappa shape index (κ1) is 12.7. The van der Waals surface area contributed by atoms with E-state index in [2.05, 4.69) is 0 Å². The zero-order valence-electron chi connectivity index (χ0n) is 10.6. The number of rotatable bonds is 3. The highest BCUT2D eigenvalue weighted by Gasteiger charge is 2.45. The van der Waals surface area contributed by atoms with Gasteiger partial charge < -0.3 is 15.2 Å². The largest absolute Gasteiger partial charge is 0.490 e. The fourth-order valence-electron chi connectivity index (χ4n) is 2.60. The van der Waals surface area contributed by atoms with Gasteiger partial charge in [0.1, 0.15) is 0 Å². The summed E-state index contributed by atoms with van der Waals surface area (Å²) in [6.07, 6.45) is -0.0295. The van der Waals surface area contributed by atoms with Crippen LogP contribution >= 0.6 is 0 Å². The number of halogens is 2. The topological polar surface area (TPSA) is 44.5 Å². The lowest BCUT2D eigenvalue weighted by atomic mass is 9.91. The quantitative estimate of drug-likeness (QED) is 0.917. The molecule has 1 saturated carbocycles. The Morgan fingerprint density at radius 3 is 2.32 bits per heavy atom. The first-order valence-corrected chi connectivity index (χ1v) is 6.58. The minimum atomic E-state index is -2.52. The van der Waals surface area contributed by atoms with Crippen LogP contribution in [0.1, 0.15) is 36.8 Å². The molecule has 0 atom stereocenters. The van der Waals surface area contributed by atoms with Gasteiger partial charge in [0.2, 0.25) is 0 Å². The number of fused-ring (bicyclic) bond motifs is 1. The van der Waals surface area contributed by atoms with E-state index in [1.165, 1.54) is 6.07 Å². The second-order valence-corrected chi connectivity index (χ2v) is 5.22. The summed E-state index contributed by atoms with van der Waals surface area (Å²) >= 11 is 0. The Balaban J connectivity index is 2.09. The van der Waals surface area contributed by atoms with Crippen LogP contribution in [-0.2, 0) is 5.41 Å². The van der Waals surface area contributed by atoms with Crippen LogP contribution in [0.5, 0.6) is 11.5 Å². The highest BCUT2D eigenvalue weighted by molar-refractivity contribution is 5.52. The van der Waals surface area contributed by atoms with Gasteiger partial charge in [0, 0.05) is 23.9 Å². The number of hydrogen-bond donors (Lipinski definition) is 1. The Bertz CT molecular complexity index is 487.